The molecule has 0 aromatic heterocycles. The number of ether oxygens (including phenoxy) is 3. The van der Waals surface area contributed by atoms with E-state index in [1.54, 1.807) is 0 Å². The van der Waals surface area contributed by atoms with Gasteiger partial charge in [0.25, 0.3) is 5.97 Å². The summed E-state index contributed by atoms with van der Waals surface area (Å²) in [7, 11) is 0. The molecule has 0 saturated carbocycles. The SMILES string of the molecule is CCCCCCCCC(CCCCCCCCc1c(F)c(F)c(F)c(F)c1F)C(OCCC)(OCCC)OCCC. The highest BCUT2D eigenvalue weighted by Gasteiger charge is 2.42. The first-order chi connectivity index (χ1) is 19.8. The molecule has 0 aliphatic heterocycles. The van der Waals surface area contributed by atoms with Gasteiger partial charge in [0, 0.05) is 11.5 Å². The second kappa shape index (κ2) is 22.3. The molecule has 0 bridgehead atoms. The van der Waals surface area contributed by atoms with Crippen molar-refractivity contribution >= 4 is 0 Å². The Labute approximate surface area is 245 Å². The quantitative estimate of drug-likeness (QED) is 0.0351. The van der Waals surface area contributed by atoms with Crippen LogP contribution in [-0.2, 0) is 20.6 Å². The third-order valence-corrected chi connectivity index (χ3v) is 7.46. The van der Waals surface area contributed by atoms with Crippen molar-refractivity contribution in [1.29, 1.82) is 0 Å². The summed E-state index contributed by atoms with van der Waals surface area (Å²) in [5, 5.41) is 0. The van der Waals surface area contributed by atoms with E-state index >= 15 is 0 Å². The lowest BCUT2D eigenvalue weighted by Crippen LogP contribution is -2.47. The van der Waals surface area contributed by atoms with Gasteiger partial charge in [-0.05, 0) is 44.9 Å². The molecule has 0 amide bonds. The molecule has 240 valence electrons. The maximum absolute atomic E-state index is 13.9. The minimum atomic E-state index is -2.11. The van der Waals surface area contributed by atoms with Crippen LogP contribution in [0.1, 0.15) is 142 Å². The van der Waals surface area contributed by atoms with Gasteiger partial charge in [0.15, 0.2) is 23.3 Å². The molecule has 0 saturated heterocycles. The molecular formula is C33H55F5O3. The molecule has 3 nitrogen and oxygen atoms in total. The van der Waals surface area contributed by atoms with Gasteiger partial charge in [0.05, 0.1) is 19.8 Å². The standard InChI is InChI=1S/C33H55F5O3/c1-5-9-10-11-14-17-20-26(33(39-23-6-2,40-24-7-3)41-25-8-4)21-18-15-12-13-16-19-22-27-28(34)30(36)32(38)31(37)29(27)35/h26H,5-25H2,1-4H3. The van der Waals surface area contributed by atoms with Crippen molar-refractivity contribution < 1.29 is 36.2 Å². The minimum absolute atomic E-state index is 0.118. The van der Waals surface area contributed by atoms with Gasteiger partial charge in [-0.3, -0.25) is 0 Å². The Hall–Kier alpha value is -1.25. The van der Waals surface area contributed by atoms with E-state index in [0.29, 0.717) is 32.7 Å². The summed E-state index contributed by atoms with van der Waals surface area (Å²) in [5.74, 6) is -10.2. The molecule has 0 heterocycles. The first kappa shape index (κ1) is 37.8. The normalized spacial score (nSPS) is 12.8. The Morgan fingerprint density at radius 1 is 0.463 bits per heavy atom. The van der Waals surface area contributed by atoms with E-state index in [2.05, 4.69) is 27.7 Å². The van der Waals surface area contributed by atoms with E-state index in [9.17, 15) is 22.0 Å². The van der Waals surface area contributed by atoms with Gasteiger partial charge < -0.3 is 14.2 Å². The van der Waals surface area contributed by atoms with Crippen LogP contribution in [0.2, 0.25) is 0 Å². The second-order valence-corrected chi connectivity index (χ2v) is 11.1. The van der Waals surface area contributed by atoms with Crippen molar-refractivity contribution in [3.05, 3.63) is 34.6 Å². The summed E-state index contributed by atoms with van der Waals surface area (Å²) in [4.78, 5) is 0. The van der Waals surface area contributed by atoms with E-state index in [1.165, 1.54) is 32.1 Å². The van der Waals surface area contributed by atoms with Crippen LogP contribution in [-0.4, -0.2) is 25.8 Å². The largest absolute Gasteiger partial charge is 0.327 e. The number of hydrogen-bond donors (Lipinski definition) is 0. The van der Waals surface area contributed by atoms with Gasteiger partial charge in [-0.2, -0.15) is 0 Å². The van der Waals surface area contributed by atoms with Crippen molar-refractivity contribution in [2.75, 3.05) is 19.8 Å². The number of rotatable bonds is 26. The van der Waals surface area contributed by atoms with E-state index < -0.39 is 40.6 Å². The fraction of sp³-hybridized carbons (Fsp3) is 0.818. The molecule has 8 heteroatoms. The Balaban J connectivity index is 2.68. The van der Waals surface area contributed by atoms with E-state index in [-0.39, 0.29) is 12.3 Å². The molecule has 1 unspecified atom stereocenters. The summed E-state index contributed by atoms with van der Waals surface area (Å²) < 4.78 is 87.0. The summed E-state index contributed by atoms with van der Waals surface area (Å²) in [6.07, 6.45) is 16.4. The van der Waals surface area contributed by atoms with Gasteiger partial charge in [0.1, 0.15) is 0 Å². The Morgan fingerprint density at radius 3 is 1.24 bits per heavy atom. The van der Waals surface area contributed by atoms with Crippen molar-refractivity contribution in [2.24, 2.45) is 5.92 Å². The van der Waals surface area contributed by atoms with E-state index in [4.69, 9.17) is 14.2 Å². The van der Waals surface area contributed by atoms with Crippen LogP contribution >= 0.6 is 0 Å². The van der Waals surface area contributed by atoms with Crippen molar-refractivity contribution in [1.82, 2.24) is 0 Å². The van der Waals surface area contributed by atoms with Gasteiger partial charge in [-0.25, -0.2) is 22.0 Å². The lowest BCUT2D eigenvalue weighted by Gasteiger charge is -2.40. The van der Waals surface area contributed by atoms with Crippen molar-refractivity contribution in [3.63, 3.8) is 0 Å². The Kier molecular flexibility index (Phi) is 20.6. The van der Waals surface area contributed by atoms with E-state index in [1.807, 2.05) is 0 Å². The monoisotopic (exact) mass is 594 g/mol. The Morgan fingerprint density at radius 2 is 0.829 bits per heavy atom. The van der Waals surface area contributed by atoms with Crippen LogP contribution in [0.5, 0.6) is 0 Å². The van der Waals surface area contributed by atoms with Gasteiger partial charge in [-0.15, -0.1) is 0 Å². The lowest BCUT2D eigenvalue weighted by molar-refractivity contribution is -0.406. The molecule has 0 spiro atoms. The topological polar surface area (TPSA) is 27.7 Å². The first-order valence-corrected chi connectivity index (χ1v) is 16.2. The number of benzene rings is 1. The second-order valence-electron chi connectivity index (χ2n) is 11.1. The summed E-state index contributed by atoms with van der Waals surface area (Å²) in [6.45, 7) is 10.2. The molecule has 1 atom stereocenters. The summed E-state index contributed by atoms with van der Waals surface area (Å²) in [5.41, 5.74) is -0.721. The van der Waals surface area contributed by atoms with Crippen LogP contribution in [0.4, 0.5) is 22.0 Å². The highest BCUT2D eigenvalue weighted by molar-refractivity contribution is 5.24. The summed E-state index contributed by atoms with van der Waals surface area (Å²) >= 11 is 0. The van der Waals surface area contributed by atoms with E-state index in [0.717, 1.165) is 64.2 Å². The molecule has 0 N–H and O–H groups in total. The number of halogens is 5. The smallest absolute Gasteiger partial charge is 0.285 e. The average Bonchev–Trinajstić information content (AvgIpc) is 2.98. The molecule has 0 aliphatic carbocycles. The van der Waals surface area contributed by atoms with Crippen molar-refractivity contribution in [3.8, 4) is 0 Å². The zero-order chi connectivity index (χ0) is 30.5. The van der Waals surface area contributed by atoms with Gasteiger partial charge in [-0.1, -0.05) is 98.3 Å². The van der Waals surface area contributed by atoms with Crippen LogP contribution in [0, 0.1) is 35.0 Å². The zero-order valence-electron chi connectivity index (χ0n) is 26.0. The highest BCUT2D eigenvalue weighted by atomic mass is 19.2. The maximum Gasteiger partial charge on any atom is 0.285 e. The van der Waals surface area contributed by atoms with Gasteiger partial charge >= 0.3 is 0 Å². The van der Waals surface area contributed by atoms with Crippen LogP contribution in [0.25, 0.3) is 0 Å². The maximum atomic E-state index is 13.9. The predicted octanol–water partition coefficient (Wildman–Crippen LogP) is 11.0. The zero-order valence-corrected chi connectivity index (χ0v) is 26.0. The molecule has 0 radical (unpaired) electrons. The molecule has 1 aromatic carbocycles. The fourth-order valence-electron chi connectivity index (χ4n) is 5.15. The number of hydrogen-bond acceptors (Lipinski definition) is 3. The van der Waals surface area contributed by atoms with Crippen LogP contribution < -0.4 is 0 Å². The molecule has 0 fully saturated rings. The first-order valence-electron chi connectivity index (χ1n) is 16.2. The molecular weight excluding hydrogens is 539 g/mol. The van der Waals surface area contributed by atoms with Gasteiger partial charge in [0.2, 0.25) is 5.82 Å². The third-order valence-electron chi connectivity index (χ3n) is 7.46. The molecule has 41 heavy (non-hydrogen) atoms. The average molecular weight is 595 g/mol. The van der Waals surface area contributed by atoms with Crippen molar-refractivity contribution in [2.45, 2.75) is 149 Å². The highest BCUT2D eigenvalue weighted by Crippen LogP contribution is 2.35. The molecule has 1 aromatic rings. The molecule has 1 rings (SSSR count). The third kappa shape index (κ3) is 13.3. The summed E-state index contributed by atoms with van der Waals surface area (Å²) in [6, 6.07) is 0. The van der Waals surface area contributed by atoms with Crippen LogP contribution in [0.15, 0.2) is 0 Å². The number of unbranched alkanes of at least 4 members (excludes halogenated alkanes) is 10. The Bertz CT molecular complexity index is 770. The predicted molar refractivity (Wildman–Crippen MR) is 155 cm³/mol. The lowest BCUT2D eigenvalue weighted by atomic mass is 9.91. The fourth-order valence-corrected chi connectivity index (χ4v) is 5.15. The molecule has 0 aliphatic rings. The van der Waals surface area contributed by atoms with Crippen LogP contribution in [0.3, 0.4) is 0 Å². The minimum Gasteiger partial charge on any atom is -0.327 e.